The number of benzene rings is 2. The maximum atomic E-state index is 12.3. The van der Waals surface area contributed by atoms with Crippen LogP contribution in [0.5, 0.6) is 5.75 Å². The van der Waals surface area contributed by atoms with Crippen molar-refractivity contribution in [3.63, 3.8) is 0 Å². The van der Waals surface area contributed by atoms with Crippen LogP contribution in [0.2, 0.25) is 0 Å². The van der Waals surface area contributed by atoms with Gasteiger partial charge in [0.1, 0.15) is 5.75 Å². The summed E-state index contributed by atoms with van der Waals surface area (Å²) >= 11 is 1.20. The molecule has 0 aliphatic heterocycles. The van der Waals surface area contributed by atoms with E-state index < -0.39 is 22.9 Å². The van der Waals surface area contributed by atoms with Crippen LogP contribution in [0.25, 0.3) is 0 Å². The Morgan fingerprint density at radius 3 is 2.61 bits per heavy atom. The van der Waals surface area contributed by atoms with E-state index in [-0.39, 0.29) is 17.8 Å². The minimum Gasteiger partial charge on any atom is -0.496 e. The zero-order chi connectivity index (χ0) is 20.7. The molecule has 0 bridgehead atoms. The Balaban J connectivity index is 2.00. The third-order valence-corrected chi connectivity index (χ3v) is 4.69. The number of hydrogen-bond donors (Lipinski definition) is 1. The SMILES string of the molecule is COc1ccccc1CNC(=O)[C@H](C)OC(=O)c1ccc(SC)c([N+](=O)[O-])c1. The van der Waals surface area contributed by atoms with E-state index in [9.17, 15) is 19.7 Å². The molecule has 28 heavy (non-hydrogen) atoms. The van der Waals surface area contributed by atoms with Crippen LogP contribution in [0, 0.1) is 10.1 Å². The van der Waals surface area contributed by atoms with E-state index in [1.165, 1.54) is 37.9 Å². The van der Waals surface area contributed by atoms with E-state index >= 15 is 0 Å². The second-order valence-electron chi connectivity index (χ2n) is 5.72. The van der Waals surface area contributed by atoms with Gasteiger partial charge in [0.25, 0.3) is 11.6 Å². The maximum Gasteiger partial charge on any atom is 0.339 e. The Labute approximate surface area is 166 Å². The van der Waals surface area contributed by atoms with Crippen molar-refractivity contribution in [1.82, 2.24) is 5.32 Å². The van der Waals surface area contributed by atoms with Gasteiger partial charge in [0.15, 0.2) is 6.10 Å². The van der Waals surface area contributed by atoms with E-state index in [0.29, 0.717) is 10.6 Å². The predicted octanol–water partition coefficient (Wildman–Crippen LogP) is 3.19. The third kappa shape index (κ3) is 5.23. The average Bonchev–Trinajstić information content (AvgIpc) is 2.71. The Hall–Kier alpha value is -3.07. The van der Waals surface area contributed by atoms with E-state index in [4.69, 9.17) is 9.47 Å². The predicted molar refractivity (Wildman–Crippen MR) is 105 cm³/mol. The molecule has 0 unspecified atom stereocenters. The van der Waals surface area contributed by atoms with Gasteiger partial charge in [-0.3, -0.25) is 14.9 Å². The highest BCUT2D eigenvalue weighted by molar-refractivity contribution is 7.98. The van der Waals surface area contributed by atoms with E-state index in [1.54, 1.807) is 12.3 Å². The van der Waals surface area contributed by atoms with Gasteiger partial charge in [0.05, 0.1) is 22.5 Å². The molecular weight excluding hydrogens is 384 g/mol. The molecule has 148 valence electrons. The van der Waals surface area contributed by atoms with Crippen LogP contribution in [0.15, 0.2) is 47.4 Å². The van der Waals surface area contributed by atoms with Crippen molar-refractivity contribution in [2.45, 2.75) is 24.5 Å². The van der Waals surface area contributed by atoms with E-state index in [1.807, 2.05) is 18.2 Å². The molecule has 0 radical (unpaired) electrons. The summed E-state index contributed by atoms with van der Waals surface area (Å²) in [6.45, 7) is 1.64. The molecule has 1 amide bonds. The Morgan fingerprint density at radius 1 is 1.25 bits per heavy atom. The summed E-state index contributed by atoms with van der Waals surface area (Å²) in [5.41, 5.74) is 0.601. The van der Waals surface area contributed by atoms with Gasteiger partial charge in [-0.2, -0.15) is 0 Å². The number of hydrogen-bond acceptors (Lipinski definition) is 7. The number of carbonyl (C=O) groups is 2. The number of ether oxygens (including phenoxy) is 2. The molecule has 0 heterocycles. The number of esters is 1. The van der Waals surface area contributed by atoms with E-state index in [0.717, 1.165) is 11.6 Å². The van der Waals surface area contributed by atoms with Gasteiger partial charge < -0.3 is 14.8 Å². The summed E-state index contributed by atoms with van der Waals surface area (Å²) in [6, 6.07) is 11.3. The Morgan fingerprint density at radius 2 is 1.96 bits per heavy atom. The summed E-state index contributed by atoms with van der Waals surface area (Å²) in [4.78, 5) is 35.5. The summed E-state index contributed by atoms with van der Waals surface area (Å²) in [7, 11) is 1.53. The van der Waals surface area contributed by atoms with E-state index in [2.05, 4.69) is 5.32 Å². The minimum absolute atomic E-state index is 0.00822. The molecule has 2 aromatic carbocycles. The number of nitrogens with one attached hydrogen (secondary N) is 1. The smallest absolute Gasteiger partial charge is 0.339 e. The number of methoxy groups -OCH3 is 1. The summed E-state index contributed by atoms with van der Waals surface area (Å²) < 4.78 is 10.4. The molecule has 0 saturated heterocycles. The number of para-hydroxylation sites is 1. The fourth-order valence-electron chi connectivity index (χ4n) is 2.42. The van der Waals surface area contributed by atoms with Crippen molar-refractivity contribution in [1.29, 1.82) is 0 Å². The summed E-state index contributed by atoms with van der Waals surface area (Å²) in [5.74, 6) is -0.668. The van der Waals surface area contributed by atoms with Crippen LogP contribution in [0.4, 0.5) is 5.69 Å². The zero-order valence-electron chi connectivity index (χ0n) is 15.6. The molecule has 1 N–H and O–H groups in total. The van der Waals surface area contributed by atoms with Gasteiger partial charge in [-0.25, -0.2) is 4.79 Å². The molecule has 0 aliphatic carbocycles. The van der Waals surface area contributed by atoms with Crippen LogP contribution >= 0.6 is 11.8 Å². The van der Waals surface area contributed by atoms with Crippen LogP contribution in [-0.2, 0) is 16.1 Å². The van der Waals surface area contributed by atoms with Gasteiger partial charge in [-0.05, 0) is 31.4 Å². The van der Waals surface area contributed by atoms with Gasteiger partial charge >= 0.3 is 5.97 Å². The lowest BCUT2D eigenvalue weighted by atomic mass is 10.2. The number of thioether (sulfide) groups is 1. The van der Waals surface area contributed by atoms with Gasteiger partial charge in [0.2, 0.25) is 0 Å². The molecule has 0 aliphatic rings. The molecule has 0 spiro atoms. The second-order valence-corrected chi connectivity index (χ2v) is 6.57. The van der Waals surface area contributed by atoms with Crippen molar-refractivity contribution >= 4 is 29.3 Å². The van der Waals surface area contributed by atoms with Crippen molar-refractivity contribution in [2.75, 3.05) is 13.4 Å². The van der Waals surface area contributed by atoms with Gasteiger partial charge in [-0.1, -0.05) is 18.2 Å². The molecular formula is C19H20N2O6S. The number of nitro groups is 1. The van der Waals surface area contributed by atoms with Crippen molar-refractivity contribution in [2.24, 2.45) is 0 Å². The quantitative estimate of drug-likeness (QED) is 0.311. The number of nitrogens with zero attached hydrogens (tertiary/aromatic N) is 1. The van der Waals surface area contributed by atoms with Crippen LogP contribution < -0.4 is 10.1 Å². The fraction of sp³-hybridized carbons (Fsp3) is 0.263. The van der Waals surface area contributed by atoms with Gasteiger partial charge in [0, 0.05) is 18.2 Å². The topological polar surface area (TPSA) is 108 Å². The third-order valence-electron chi connectivity index (χ3n) is 3.91. The lowest BCUT2D eigenvalue weighted by molar-refractivity contribution is -0.387. The Kier molecular flexibility index (Phi) is 7.39. The second kappa shape index (κ2) is 9.75. The highest BCUT2D eigenvalue weighted by Gasteiger charge is 2.22. The first kappa shape index (κ1) is 21.2. The van der Waals surface area contributed by atoms with Gasteiger partial charge in [-0.15, -0.1) is 11.8 Å². The summed E-state index contributed by atoms with van der Waals surface area (Å²) in [6.07, 6.45) is 0.635. The molecule has 0 fully saturated rings. The first-order valence-electron chi connectivity index (χ1n) is 8.30. The molecule has 1 atom stereocenters. The zero-order valence-corrected chi connectivity index (χ0v) is 16.4. The number of rotatable bonds is 8. The molecule has 0 aromatic heterocycles. The highest BCUT2D eigenvalue weighted by atomic mass is 32.2. The van der Waals surface area contributed by atoms with Crippen molar-refractivity contribution < 1.29 is 24.0 Å². The first-order chi connectivity index (χ1) is 13.4. The number of amides is 1. The first-order valence-corrected chi connectivity index (χ1v) is 9.52. The van der Waals surface area contributed by atoms with Crippen molar-refractivity contribution in [3.8, 4) is 5.75 Å². The van der Waals surface area contributed by atoms with Crippen LogP contribution in [0.3, 0.4) is 0 Å². The minimum atomic E-state index is -1.07. The normalized spacial score (nSPS) is 11.4. The molecule has 0 saturated carbocycles. The van der Waals surface area contributed by atoms with Crippen molar-refractivity contribution in [3.05, 3.63) is 63.7 Å². The standard InChI is InChI=1S/C19H20N2O6S/c1-12(18(22)20-11-14-6-4-5-7-16(14)26-2)27-19(23)13-8-9-17(28-3)15(10-13)21(24)25/h4-10,12H,11H2,1-3H3,(H,20,22)/t12-/m0/s1. The molecule has 2 aromatic rings. The lowest BCUT2D eigenvalue weighted by Gasteiger charge is -2.15. The maximum absolute atomic E-state index is 12.3. The highest BCUT2D eigenvalue weighted by Crippen LogP contribution is 2.28. The number of carbonyl (C=O) groups excluding carboxylic acids is 2. The van der Waals surface area contributed by atoms with Crippen LogP contribution in [0.1, 0.15) is 22.8 Å². The molecule has 9 heteroatoms. The lowest BCUT2D eigenvalue weighted by Crippen LogP contribution is -2.35. The summed E-state index contributed by atoms with van der Waals surface area (Å²) in [5, 5.41) is 13.8. The molecule has 2 rings (SSSR count). The van der Waals surface area contributed by atoms with Crippen LogP contribution in [-0.4, -0.2) is 36.3 Å². The Bertz CT molecular complexity index is 886. The largest absolute Gasteiger partial charge is 0.496 e. The fourth-order valence-corrected chi connectivity index (χ4v) is 2.96. The number of nitro benzene ring substituents is 1. The molecule has 8 nitrogen and oxygen atoms in total. The average molecular weight is 404 g/mol. The monoisotopic (exact) mass is 404 g/mol.